The fraction of sp³-hybridized carbons (Fsp3) is 0.400. The fourth-order valence-electron chi connectivity index (χ4n) is 1.38. The lowest BCUT2D eigenvalue weighted by Crippen LogP contribution is -2.16. The van der Waals surface area contributed by atoms with E-state index in [1.54, 1.807) is 11.3 Å². The molecule has 0 fully saturated rings. The molecule has 0 aliphatic heterocycles. The molecule has 5 nitrogen and oxygen atoms in total. The SMILES string of the molecule is CSC(C)CNc1nc(NN)nc2sccc12. The Labute approximate surface area is 108 Å². The second kappa shape index (κ2) is 5.52. The minimum atomic E-state index is 0.444. The smallest absolute Gasteiger partial charge is 0.240 e. The first kappa shape index (κ1) is 12.4. The van der Waals surface area contributed by atoms with E-state index in [4.69, 9.17) is 5.84 Å². The lowest BCUT2D eigenvalue weighted by molar-refractivity contribution is 0.991. The van der Waals surface area contributed by atoms with Gasteiger partial charge in [-0.25, -0.2) is 10.8 Å². The van der Waals surface area contributed by atoms with E-state index in [0.717, 1.165) is 22.6 Å². The number of rotatable bonds is 5. The van der Waals surface area contributed by atoms with Crippen LogP contribution in [-0.2, 0) is 0 Å². The number of nitrogen functional groups attached to an aromatic ring is 1. The zero-order valence-electron chi connectivity index (χ0n) is 9.73. The van der Waals surface area contributed by atoms with Gasteiger partial charge in [0.2, 0.25) is 5.95 Å². The number of hydrogen-bond donors (Lipinski definition) is 3. The van der Waals surface area contributed by atoms with Crippen LogP contribution in [0.5, 0.6) is 0 Å². The van der Waals surface area contributed by atoms with Gasteiger partial charge in [-0.05, 0) is 17.7 Å². The molecule has 0 aromatic carbocycles. The number of nitrogens with zero attached hydrogens (tertiary/aromatic N) is 2. The number of fused-ring (bicyclic) bond motifs is 1. The molecule has 0 spiro atoms. The van der Waals surface area contributed by atoms with Crippen molar-refractivity contribution in [3.8, 4) is 0 Å². The van der Waals surface area contributed by atoms with Crippen LogP contribution in [0.4, 0.5) is 11.8 Å². The highest BCUT2D eigenvalue weighted by atomic mass is 32.2. The summed E-state index contributed by atoms with van der Waals surface area (Å²) in [5, 5.41) is 6.92. The van der Waals surface area contributed by atoms with Crippen molar-refractivity contribution in [1.82, 2.24) is 9.97 Å². The molecule has 17 heavy (non-hydrogen) atoms. The van der Waals surface area contributed by atoms with Gasteiger partial charge in [0.05, 0.1) is 5.39 Å². The standard InChI is InChI=1S/C10H15N5S2/c1-6(16-2)5-12-8-7-3-4-17-9(7)14-10(13-8)15-11/h3-4,6H,5,11H2,1-2H3,(H2,12,13,14,15). The van der Waals surface area contributed by atoms with E-state index in [2.05, 4.69) is 33.9 Å². The van der Waals surface area contributed by atoms with E-state index in [1.165, 1.54) is 0 Å². The van der Waals surface area contributed by atoms with Gasteiger partial charge in [-0.3, -0.25) is 5.43 Å². The molecular weight excluding hydrogens is 254 g/mol. The number of anilines is 2. The van der Waals surface area contributed by atoms with Crippen molar-refractivity contribution in [2.75, 3.05) is 23.5 Å². The van der Waals surface area contributed by atoms with Crippen LogP contribution < -0.4 is 16.6 Å². The highest BCUT2D eigenvalue weighted by molar-refractivity contribution is 7.99. The van der Waals surface area contributed by atoms with Crippen molar-refractivity contribution in [1.29, 1.82) is 0 Å². The van der Waals surface area contributed by atoms with Gasteiger partial charge in [0, 0.05) is 11.8 Å². The van der Waals surface area contributed by atoms with Gasteiger partial charge in [-0.15, -0.1) is 11.3 Å². The molecule has 92 valence electrons. The second-order valence-electron chi connectivity index (χ2n) is 3.61. The number of thiophene rings is 1. The Morgan fingerprint density at radius 2 is 2.35 bits per heavy atom. The number of aromatic nitrogens is 2. The van der Waals surface area contributed by atoms with Crippen molar-refractivity contribution >= 4 is 45.1 Å². The van der Waals surface area contributed by atoms with Crippen molar-refractivity contribution in [2.24, 2.45) is 5.84 Å². The first-order valence-corrected chi connectivity index (χ1v) is 7.40. The Morgan fingerprint density at radius 3 is 3.06 bits per heavy atom. The van der Waals surface area contributed by atoms with Crippen molar-refractivity contribution < 1.29 is 0 Å². The summed E-state index contributed by atoms with van der Waals surface area (Å²) in [6, 6.07) is 2.02. The largest absolute Gasteiger partial charge is 0.368 e. The van der Waals surface area contributed by atoms with Gasteiger partial charge in [-0.2, -0.15) is 16.7 Å². The average molecular weight is 269 g/mol. The third-order valence-corrected chi connectivity index (χ3v) is 4.19. The van der Waals surface area contributed by atoms with Crippen molar-refractivity contribution in [3.05, 3.63) is 11.4 Å². The summed E-state index contributed by atoms with van der Waals surface area (Å²) in [5.74, 6) is 6.64. The molecule has 2 heterocycles. The summed E-state index contributed by atoms with van der Waals surface area (Å²) in [6.07, 6.45) is 2.10. The Balaban J connectivity index is 2.27. The summed E-state index contributed by atoms with van der Waals surface area (Å²) in [6.45, 7) is 3.04. The quantitative estimate of drug-likeness (QED) is 0.570. The van der Waals surface area contributed by atoms with Crippen molar-refractivity contribution in [3.63, 3.8) is 0 Å². The lowest BCUT2D eigenvalue weighted by Gasteiger charge is -2.11. The molecule has 0 aliphatic rings. The Bertz CT molecular complexity index is 498. The van der Waals surface area contributed by atoms with Crippen LogP contribution in [0.25, 0.3) is 10.2 Å². The van der Waals surface area contributed by atoms with Gasteiger partial charge in [0.1, 0.15) is 10.6 Å². The molecule has 2 rings (SSSR count). The minimum Gasteiger partial charge on any atom is -0.368 e. The fourth-order valence-corrected chi connectivity index (χ4v) is 2.39. The van der Waals surface area contributed by atoms with Crippen LogP contribution in [0.2, 0.25) is 0 Å². The van der Waals surface area contributed by atoms with Crippen LogP contribution >= 0.6 is 23.1 Å². The molecule has 4 N–H and O–H groups in total. The molecule has 0 saturated heterocycles. The third-order valence-electron chi connectivity index (χ3n) is 2.41. The zero-order chi connectivity index (χ0) is 12.3. The molecule has 2 aromatic heterocycles. The highest BCUT2D eigenvalue weighted by Gasteiger charge is 2.09. The van der Waals surface area contributed by atoms with E-state index in [1.807, 2.05) is 23.2 Å². The molecule has 1 atom stereocenters. The zero-order valence-corrected chi connectivity index (χ0v) is 11.4. The normalized spacial score (nSPS) is 12.6. The number of nitrogens with one attached hydrogen (secondary N) is 2. The Morgan fingerprint density at radius 1 is 1.53 bits per heavy atom. The maximum absolute atomic E-state index is 5.36. The lowest BCUT2D eigenvalue weighted by atomic mass is 10.3. The molecule has 0 radical (unpaired) electrons. The van der Waals surface area contributed by atoms with Crippen LogP contribution in [0.15, 0.2) is 11.4 Å². The van der Waals surface area contributed by atoms with Crippen molar-refractivity contribution in [2.45, 2.75) is 12.2 Å². The Kier molecular flexibility index (Phi) is 4.03. The maximum Gasteiger partial charge on any atom is 0.240 e. The topological polar surface area (TPSA) is 75.9 Å². The number of thioether (sulfide) groups is 1. The van der Waals surface area contributed by atoms with E-state index in [-0.39, 0.29) is 0 Å². The molecule has 0 amide bonds. The van der Waals surface area contributed by atoms with E-state index in [9.17, 15) is 0 Å². The average Bonchev–Trinajstić information content (AvgIpc) is 2.83. The van der Waals surface area contributed by atoms with Gasteiger partial charge in [0.25, 0.3) is 0 Å². The molecule has 7 heteroatoms. The van der Waals surface area contributed by atoms with Gasteiger partial charge < -0.3 is 5.32 Å². The minimum absolute atomic E-state index is 0.444. The first-order chi connectivity index (χ1) is 8.24. The van der Waals surface area contributed by atoms with Gasteiger partial charge in [-0.1, -0.05) is 6.92 Å². The summed E-state index contributed by atoms with van der Waals surface area (Å²) in [4.78, 5) is 9.56. The first-order valence-electron chi connectivity index (χ1n) is 5.23. The van der Waals surface area contributed by atoms with Crippen LogP contribution in [0.3, 0.4) is 0 Å². The summed E-state index contributed by atoms with van der Waals surface area (Å²) < 4.78 is 0. The Hall–Kier alpha value is -1.05. The van der Waals surface area contributed by atoms with E-state index >= 15 is 0 Å². The van der Waals surface area contributed by atoms with E-state index in [0.29, 0.717) is 11.2 Å². The van der Waals surface area contributed by atoms with Gasteiger partial charge >= 0.3 is 0 Å². The van der Waals surface area contributed by atoms with Crippen LogP contribution in [0.1, 0.15) is 6.92 Å². The molecule has 0 bridgehead atoms. The molecule has 0 saturated carbocycles. The third kappa shape index (κ3) is 2.80. The molecule has 0 aliphatic carbocycles. The van der Waals surface area contributed by atoms with Gasteiger partial charge in [0.15, 0.2) is 0 Å². The second-order valence-corrected chi connectivity index (χ2v) is 5.78. The maximum atomic E-state index is 5.36. The highest BCUT2D eigenvalue weighted by Crippen LogP contribution is 2.26. The summed E-state index contributed by atoms with van der Waals surface area (Å²) in [5.41, 5.74) is 2.49. The van der Waals surface area contributed by atoms with Crippen LogP contribution in [0, 0.1) is 0 Å². The molecular formula is C10H15N5S2. The molecule has 2 aromatic rings. The molecule has 1 unspecified atom stereocenters. The monoisotopic (exact) mass is 269 g/mol. The number of hydrogen-bond acceptors (Lipinski definition) is 7. The number of hydrazine groups is 1. The van der Waals surface area contributed by atoms with E-state index < -0.39 is 0 Å². The summed E-state index contributed by atoms with van der Waals surface area (Å²) in [7, 11) is 0. The predicted octanol–water partition coefficient (Wildman–Crippen LogP) is 2.14. The summed E-state index contributed by atoms with van der Waals surface area (Å²) >= 11 is 3.40. The van der Waals surface area contributed by atoms with Crippen LogP contribution in [-0.4, -0.2) is 28.0 Å². The predicted molar refractivity (Wildman–Crippen MR) is 76.7 cm³/mol. The number of nitrogens with two attached hydrogens (primary N) is 1.